The lowest BCUT2D eigenvalue weighted by molar-refractivity contribution is 0.240. The van der Waals surface area contributed by atoms with E-state index in [0.717, 1.165) is 22.0 Å². The second-order valence-electron chi connectivity index (χ2n) is 4.78. The van der Waals surface area contributed by atoms with Crippen molar-refractivity contribution in [3.8, 4) is 5.75 Å². The summed E-state index contributed by atoms with van der Waals surface area (Å²) in [6.45, 7) is 4.65. The van der Waals surface area contributed by atoms with Gasteiger partial charge in [-0.1, -0.05) is 23.2 Å². The van der Waals surface area contributed by atoms with Crippen molar-refractivity contribution in [2.75, 3.05) is 5.32 Å². The lowest BCUT2D eigenvalue weighted by Gasteiger charge is -2.15. The minimum atomic E-state index is 0.130. The first-order valence-electron chi connectivity index (χ1n) is 6.49. The summed E-state index contributed by atoms with van der Waals surface area (Å²) in [5.74, 6) is 0.853. The topological polar surface area (TPSA) is 21.3 Å². The fourth-order valence-electron chi connectivity index (χ4n) is 1.82. The molecule has 0 aliphatic heterocycles. The van der Waals surface area contributed by atoms with Gasteiger partial charge in [-0.25, -0.2) is 0 Å². The van der Waals surface area contributed by atoms with Gasteiger partial charge in [-0.05, 0) is 56.3 Å². The van der Waals surface area contributed by atoms with E-state index in [-0.39, 0.29) is 6.10 Å². The number of nitrogens with one attached hydrogen (secondary N) is 1. The number of hydrogen-bond donors (Lipinski definition) is 1. The van der Waals surface area contributed by atoms with E-state index in [0.29, 0.717) is 11.6 Å². The SMILES string of the molecule is CC(C)Oc1ccc(Cl)cc1CNc1ccc(Cl)cc1. The lowest BCUT2D eigenvalue weighted by atomic mass is 10.2. The van der Waals surface area contributed by atoms with Crippen molar-refractivity contribution in [1.82, 2.24) is 0 Å². The lowest BCUT2D eigenvalue weighted by Crippen LogP contribution is -2.09. The van der Waals surface area contributed by atoms with E-state index in [9.17, 15) is 0 Å². The standard InChI is InChI=1S/C16H17Cl2NO/c1-11(2)20-16-8-5-14(18)9-12(16)10-19-15-6-3-13(17)4-7-15/h3-9,11,19H,10H2,1-2H3. The van der Waals surface area contributed by atoms with E-state index < -0.39 is 0 Å². The van der Waals surface area contributed by atoms with Gasteiger partial charge in [-0.2, -0.15) is 0 Å². The monoisotopic (exact) mass is 309 g/mol. The van der Waals surface area contributed by atoms with Crippen molar-refractivity contribution in [3.05, 3.63) is 58.1 Å². The Balaban J connectivity index is 2.11. The van der Waals surface area contributed by atoms with Crippen LogP contribution >= 0.6 is 23.2 Å². The maximum Gasteiger partial charge on any atom is 0.124 e. The van der Waals surface area contributed by atoms with Crippen LogP contribution in [-0.2, 0) is 6.54 Å². The molecule has 0 heterocycles. The molecule has 0 saturated carbocycles. The predicted molar refractivity (Wildman–Crippen MR) is 86.0 cm³/mol. The zero-order valence-electron chi connectivity index (χ0n) is 11.5. The zero-order valence-corrected chi connectivity index (χ0v) is 13.0. The molecule has 0 aromatic heterocycles. The molecule has 2 rings (SSSR count). The first-order valence-corrected chi connectivity index (χ1v) is 7.24. The highest BCUT2D eigenvalue weighted by molar-refractivity contribution is 6.30. The Hall–Kier alpha value is -1.38. The van der Waals surface area contributed by atoms with E-state index in [4.69, 9.17) is 27.9 Å². The summed E-state index contributed by atoms with van der Waals surface area (Å²) in [6.07, 6.45) is 0.130. The van der Waals surface area contributed by atoms with Crippen LogP contribution in [0, 0.1) is 0 Å². The molecule has 0 saturated heterocycles. The first kappa shape index (κ1) is 15.0. The summed E-state index contributed by atoms with van der Waals surface area (Å²) >= 11 is 11.9. The third-order valence-corrected chi connectivity index (χ3v) is 3.20. The van der Waals surface area contributed by atoms with Crippen LogP contribution in [0.15, 0.2) is 42.5 Å². The molecule has 0 bridgehead atoms. The van der Waals surface area contributed by atoms with E-state index in [1.807, 2.05) is 56.3 Å². The number of halogens is 2. The molecular formula is C16H17Cl2NO. The molecule has 0 fully saturated rings. The second kappa shape index (κ2) is 6.87. The van der Waals surface area contributed by atoms with Crippen LogP contribution in [0.1, 0.15) is 19.4 Å². The quantitative estimate of drug-likeness (QED) is 0.799. The van der Waals surface area contributed by atoms with Crippen LogP contribution in [0.3, 0.4) is 0 Å². The van der Waals surface area contributed by atoms with Gasteiger partial charge >= 0.3 is 0 Å². The Morgan fingerprint density at radius 1 is 1.00 bits per heavy atom. The van der Waals surface area contributed by atoms with Crippen molar-refractivity contribution in [1.29, 1.82) is 0 Å². The number of hydrogen-bond acceptors (Lipinski definition) is 2. The Labute approximate surface area is 129 Å². The predicted octanol–water partition coefficient (Wildman–Crippen LogP) is 5.39. The fourth-order valence-corrected chi connectivity index (χ4v) is 2.14. The minimum Gasteiger partial charge on any atom is -0.491 e. The third-order valence-electron chi connectivity index (χ3n) is 2.71. The second-order valence-corrected chi connectivity index (χ2v) is 5.65. The summed E-state index contributed by atoms with van der Waals surface area (Å²) in [5.41, 5.74) is 2.03. The highest BCUT2D eigenvalue weighted by atomic mass is 35.5. The Bertz CT molecular complexity index is 567. The molecule has 0 radical (unpaired) electrons. The Morgan fingerprint density at radius 2 is 1.65 bits per heavy atom. The van der Waals surface area contributed by atoms with Gasteiger partial charge in [-0.3, -0.25) is 0 Å². The van der Waals surface area contributed by atoms with Gasteiger partial charge in [0.15, 0.2) is 0 Å². The van der Waals surface area contributed by atoms with Crippen LogP contribution in [0.2, 0.25) is 10.0 Å². The van der Waals surface area contributed by atoms with Gasteiger partial charge in [0, 0.05) is 27.8 Å². The van der Waals surface area contributed by atoms with Crippen LogP contribution in [0.4, 0.5) is 5.69 Å². The average Bonchev–Trinajstić information content (AvgIpc) is 2.40. The van der Waals surface area contributed by atoms with Crippen molar-refractivity contribution in [3.63, 3.8) is 0 Å². The molecule has 0 aliphatic carbocycles. The number of benzene rings is 2. The molecule has 20 heavy (non-hydrogen) atoms. The van der Waals surface area contributed by atoms with E-state index in [1.165, 1.54) is 0 Å². The smallest absolute Gasteiger partial charge is 0.124 e. The van der Waals surface area contributed by atoms with Crippen LogP contribution in [0.25, 0.3) is 0 Å². The normalized spacial score (nSPS) is 10.7. The summed E-state index contributed by atoms with van der Waals surface area (Å²) in [6, 6.07) is 13.3. The van der Waals surface area contributed by atoms with Crippen LogP contribution in [-0.4, -0.2) is 6.10 Å². The third kappa shape index (κ3) is 4.32. The van der Waals surface area contributed by atoms with Crippen molar-refractivity contribution < 1.29 is 4.74 Å². The number of anilines is 1. The summed E-state index contributed by atoms with van der Waals surface area (Å²) in [7, 11) is 0. The fraction of sp³-hybridized carbons (Fsp3) is 0.250. The maximum atomic E-state index is 6.06. The molecule has 0 aliphatic rings. The summed E-state index contributed by atoms with van der Waals surface area (Å²) in [4.78, 5) is 0. The van der Waals surface area contributed by atoms with Gasteiger partial charge in [0.2, 0.25) is 0 Å². The van der Waals surface area contributed by atoms with Gasteiger partial charge in [0.25, 0.3) is 0 Å². The Morgan fingerprint density at radius 3 is 2.30 bits per heavy atom. The Kier molecular flexibility index (Phi) is 5.16. The van der Waals surface area contributed by atoms with Gasteiger partial charge < -0.3 is 10.1 Å². The molecule has 0 unspecified atom stereocenters. The molecule has 2 aromatic carbocycles. The summed E-state index contributed by atoms with van der Waals surface area (Å²) < 4.78 is 5.79. The van der Waals surface area contributed by atoms with Crippen molar-refractivity contribution in [2.24, 2.45) is 0 Å². The van der Waals surface area contributed by atoms with Crippen molar-refractivity contribution in [2.45, 2.75) is 26.5 Å². The van der Waals surface area contributed by atoms with E-state index >= 15 is 0 Å². The van der Waals surface area contributed by atoms with Crippen molar-refractivity contribution >= 4 is 28.9 Å². The highest BCUT2D eigenvalue weighted by Gasteiger charge is 2.06. The van der Waals surface area contributed by atoms with Gasteiger partial charge in [0.05, 0.1) is 6.10 Å². The first-order chi connectivity index (χ1) is 9.54. The number of rotatable bonds is 5. The van der Waals surface area contributed by atoms with Gasteiger partial charge in [0.1, 0.15) is 5.75 Å². The molecule has 0 amide bonds. The average molecular weight is 310 g/mol. The molecule has 2 aromatic rings. The zero-order chi connectivity index (χ0) is 14.5. The molecule has 0 atom stereocenters. The molecule has 2 nitrogen and oxygen atoms in total. The number of ether oxygens (including phenoxy) is 1. The largest absolute Gasteiger partial charge is 0.491 e. The molecule has 1 N–H and O–H groups in total. The maximum absolute atomic E-state index is 6.06. The molecule has 0 spiro atoms. The molecular weight excluding hydrogens is 293 g/mol. The van der Waals surface area contributed by atoms with Crippen LogP contribution < -0.4 is 10.1 Å². The summed E-state index contributed by atoms with van der Waals surface area (Å²) in [5, 5.41) is 4.76. The molecule has 106 valence electrons. The van der Waals surface area contributed by atoms with E-state index in [2.05, 4.69) is 5.32 Å². The highest BCUT2D eigenvalue weighted by Crippen LogP contribution is 2.25. The minimum absolute atomic E-state index is 0.130. The van der Waals surface area contributed by atoms with Crippen LogP contribution in [0.5, 0.6) is 5.75 Å². The van der Waals surface area contributed by atoms with E-state index in [1.54, 1.807) is 0 Å². The molecule has 4 heteroatoms. The van der Waals surface area contributed by atoms with Gasteiger partial charge in [-0.15, -0.1) is 0 Å².